The number of benzene rings is 1. The smallest absolute Gasteiger partial charge is 0.325 e. The van der Waals surface area contributed by atoms with Gasteiger partial charge in [-0.05, 0) is 38.5 Å². The zero-order valence-corrected chi connectivity index (χ0v) is 13.9. The van der Waals surface area contributed by atoms with E-state index in [2.05, 4.69) is 15.8 Å². The number of hydrogen-bond donors (Lipinski definition) is 3. The van der Waals surface area contributed by atoms with Gasteiger partial charge in [0.1, 0.15) is 5.54 Å². The van der Waals surface area contributed by atoms with Crippen molar-refractivity contribution in [3.8, 4) is 0 Å². The summed E-state index contributed by atoms with van der Waals surface area (Å²) in [4.78, 5) is 36.6. The van der Waals surface area contributed by atoms with Gasteiger partial charge < -0.3 is 11.1 Å². The summed E-state index contributed by atoms with van der Waals surface area (Å²) in [5, 5.41) is 6.56. The van der Waals surface area contributed by atoms with Gasteiger partial charge in [0.05, 0.1) is 5.71 Å². The van der Waals surface area contributed by atoms with Crippen LogP contribution in [0.2, 0.25) is 0 Å². The number of urea groups is 1. The van der Waals surface area contributed by atoms with Crippen molar-refractivity contribution >= 4 is 29.2 Å². The number of hydrogen-bond acceptors (Lipinski definition) is 5. The number of rotatable bonds is 5. The summed E-state index contributed by atoms with van der Waals surface area (Å²) in [6.07, 6.45) is -0.0249. The summed E-state index contributed by atoms with van der Waals surface area (Å²) < 4.78 is 0. The Morgan fingerprint density at radius 3 is 2.67 bits per heavy atom. The van der Waals surface area contributed by atoms with Crippen LogP contribution in [0.3, 0.4) is 0 Å². The van der Waals surface area contributed by atoms with Crippen LogP contribution in [0.25, 0.3) is 0 Å². The van der Waals surface area contributed by atoms with Crippen LogP contribution in [0.5, 0.6) is 0 Å². The van der Waals surface area contributed by atoms with Crippen LogP contribution < -0.4 is 16.5 Å². The zero-order valence-electron chi connectivity index (χ0n) is 13.9. The Kier molecular flexibility index (Phi) is 4.87. The Morgan fingerprint density at radius 1 is 1.38 bits per heavy atom. The highest BCUT2D eigenvalue weighted by atomic mass is 16.2. The van der Waals surface area contributed by atoms with Crippen LogP contribution in [0, 0.1) is 0 Å². The second kappa shape index (κ2) is 6.69. The number of nitrogens with one attached hydrogen (secondary N) is 2. The van der Waals surface area contributed by atoms with Crippen molar-refractivity contribution in [1.82, 2.24) is 15.6 Å². The molecule has 1 aromatic rings. The van der Waals surface area contributed by atoms with E-state index in [4.69, 9.17) is 5.73 Å². The monoisotopic (exact) mass is 331 g/mol. The predicted molar refractivity (Wildman–Crippen MR) is 90.1 cm³/mol. The first-order valence-electron chi connectivity index (χ1n) is 7.54. The van der Waals surface area contributed by atoms with Crippen molar-refractivity contribution in [2.75, 3.05) is 12.3 Å². The van der Waals surface area contributed by atoms with Gasteiger partial charge >= 0.3 is 6.03 Å². The van der Waals surface area contributed by atoms with E-state index < -0.39 is 11.6 Å². The van der Waals surface area contributed by atoms with E-state index in [9.17, 15) is 14.4 Å². The highest BCUT2D eigenvalue weighted by molar-refractivity contribution is 6.06. The zero-order chi connectivity index (χ0) is 17.9. The number of carbonyl (C=O) groups excluding carboxylic acids is 3. The fourth-order valence-corrected chi connectivity index (χ4v) is 2.26. The summed E-state index contributed by atoms with van der Waals surface area (Å²) in [5.74, 6) is -0.733. The van der Waals surface area contributed by atoms with Crippen molar-refractivity contribution in [2.45, 2.75) is 32.7 Å². The molecule has 4 N–H and O–H groups in total. The molecule has 1 fully saturated rings. The lowest BCUT2D eigenvalue weighted by atomic mass is 10.1. The van der Waals surface area contributed by atoms with E-state index >= 15 is 0 Å². The molecule has 0 radical (unpaired) electrons. The Hall–Kier alpha value is -2.90. The molecule has 1 aromatic carbocycles. The van der Waals surface area contributed by atoms with Crippen LogP contribution in [0.15, 0.2) is 29.4 Å². The molecule has 128 valence electrons. The van der Waals surface area contributed by atoms with E-state index in [1.165, 1.54) is 0 Å². The van der Waals surface area contributed by atoms with E-state index in [0.717, 1.165) is 10.5 Å². The molecule has 1 saturated heterocycles. The van der Waals surface area contributed by atoms with Gasteiger partial charge in [-0.15, -0.1) is 0 Å². The number of amides is 4. The minimum Gasteiger partial charge on any atom is -0.399 e. The highest BCUT2D eigenvalue weighted by Gasteiger charge is 2.43. The maximum Gasteiger partial charge on any atom is 0.325 e. The minimum absolute atomic E-state index is 0.00673. The molecule has 1 aliphatic heterocycles. The summed E-state index contributed by atoms with van der Waals surface area (Å²) >= 11 is 0. The predicted octanol–water partition coefficient (Wildman–Crippen LogP) is 0.830. The normalized spacial score (nSPS) is 17.0. The number of nitrogens with two attached hydrogens (primary N) is 1. The van der Waals surface area contributed by atoms with E-state index in [0.29, 0.717) is 11.4 Å². The average Bonchev–Trinajstić information content (AvgIpc) is 2.71. The second-order valence-electron chi connectivity index (χ2n) is 6.12. The fourth-order valence-electron chi connectivity index (χ4n) is 2.26. The molecular formula is C16H21N5O3. The molecule has 2 rings (SSSR count). The summed E-state index contributed by atoms with van der Waals surface area (Å²) in [6, 6.07) is 6.65. The van der Waals surface area contributed by atoms with E-state index in [1.54, 1.807) is 39.0 Å². The third kappa shape index (κ3) is 3.89. The number of nitrogen functional groups attached to an aromatic ring is 1. The molecule has 1 heterocycles. The Labute approximate surface area is 140 Å². The first kappa shape index (κ1) is 17.5. The SMILES string of the molecule is C/C(=N/NC(=O)CCN1C(=O)NC(C)(C)C1=O)c1cccc(N)c1. The first-order valence-corrected chi connectivity index (χ1v) is 7.54. The van der Waals surface area contributed by atoms with Crippen molar-refractivity contribution < 1.29 is 14.4 Å². The lowest BCUT2D eigenvalue weighted by Gasteiger charge is -2.15. The van der Waals surface area contributed by atoms with Crippen molar-refractivity contribution in [3.63, 3.8) is 0 Å². The quantitative estimate of drug-likeness (QED) is 0.320. The van der Waals surface area contributed by atoms with Crippen molar-refractivity contribution in [1.29, 1.82) is 0 Å². The largest absolute Gasteiger partial charge is 0.399 e. The Bertz CT molecular complexity index is 711. The van der Waals surface area contributed by atoms with Gasteiger partial charge in [-0.25, -0.2) is 10.2 Å². The lowest BCUT2D eigenvalue weighted by molar-refractivity contribution is -0.130. The third-order valence-electron chi connectivity index (χ3n) is 3.66. The fraction of sp³-hybridized carbons (Fsp3) is 0.375. The maximum atomic E-state index is 12.0. The Balaban J connectivity index is 1.89. The number of carbonyl (C=O) groups is 3. The van der Waals surface area contributed by atoms with Crippen LogP contribution in [-0.4, -0.2) is 40.5 Å². The molecule has 0 aliphatic carbocycles. The summed E-state index contributed by atoms with van der Waals surface area (Å²) in [6.45, 7) is 4.99. The van der Waals surface area contributed by atoms with Gasteiger partial charge in [0, 0.05) is 18.7 Å². The molecular weight excluding hydrogens is 310 g/mol. The first-order chi connectivity index (χ1) is 11.2. The number of nitrogens with zero attached hydrogens (tertiary/aromatic N) is 2. The Morgan fingerprint density at radius 2 is 2.08 bits per heavy atom. The van der Waals surface area contributed by atoms with Gasteiger partial charge in [0.25, 0.3) is 5.91 Å². The van der Waals surface area contributed by atoms with E-state index in [1.807, 2.05) is 6.07 Å². The molecule has 0 unspecified atom stereocenters. The molecule has 0 aromatic heterocycles. The van der Waals surface area contributed by atoms with Crippen LogP contribution in [0.4, 0.5) is 10.5 Å². The molecule has 0 saturated carbocycles. The van der Waals surface area contributed by atoms with Crippen LogP contribution >= 0.6 is 0 Å². The van der Waals surface area contributed by atoms with Crippen LogP contribution in [-0.2, 0) is 9.59 Å². The van der Waals surface area contributed by atoms with E-state index in [-0.39, 0.29) is 24.8 Å². The number of hydrazone groups is 1. The average molecular weight is 331 g/mol. The summed E-state index contributed by atoms with van der Waals surface area (Å²) in [7, 11) is 0. The summed E-state index contributed by atoms with van der Waals surface area (Å²) in [5.41, 5.74) is 9.19. The standard InChI is InChI=1S/C16H21N5O3/c1-10(11-5-4-6-12(17)9-11)19-20-13(22)7-8-21-14(23)16(2,3)18-15(21)24/h4-6,9H,7-8,17H2,1-3H3,(H,18,24)(H,20,22)/b19-10-. The second-order valence-corrected chi connectivity index (χ2v) is 6.12. The molecule has 8 heteroatoms. The van der Waals surface area contributed by atoms with Gasteiger partial charge in [0.2, 0.25) is 5.91 Å². The molecule has 4 amide bonds. The molecule has 0 atom stereocenters. The van der Waals surface area contributed by atoms with Crippen molar-refractivity contribution in [2.24, 2.45) is 5.10 Å². The molecule has 24 heavy (non-hydrogen) atoms. The topological polar surface area (TPSA) is 117 Å². The van der Waals surface area contributed by atoms with Gasteiger partial charge in [-0.3, -0.25) is 14.5 Å². The molecule has 0 spiro atoms. The molecule has 1 aliphatic rings. The van der Waals surface area contributed by atoms with Crippen molar-refractivity contribution in [3.05, 3.63) is 29.8 Å². The molecule has 0 bridgehead atoms. The lowest BCUT2D eigenvalue weighted by Crippen LogP contribution is -2.40. The van der Waals surface area contributed by atoms with Gasteiger partial charge in [-0.2, -0.15) is 5.10 Å². The van der Waals surface area contributed by atoms with Crippen LogP contribution in [0.1, 0.15) is 32.8 Å². The maximum absolute atomic E-state index is 12.0. The third-order valence-corrected chi connectivity index (χ3v) is 3.66. The molecule has 8 nitrogen and oxygen atoms in total. The minimum atomic E-state index is -0.935. The number of imide groups is 1. The van der Waals surface area contributed by atoms with Gasteiger partial charge in [-0.1, -0.05) is 12.1 Å². The number of anilines is 1. The highest BCUT2D eigenvalue weighted by Crippen LogP contribution is 2.16. The van der Waals surface area contributed by atoms with Gasteiger partial charge in [0.15, 0.2) is 0 Å².